The van der Waals surface area contributed by atoms with Crippen molar-refractivity contribution in [3.8, 4) is 5.75 Å². The van der Waals surface area contributed by atoms with Crippen LogP contribution in [0.2, 0.25) is 0 Å². The molecule has 2 rings (SSSR count). The molecule has 0 bridgehead atoms. The van der Waals surface area contributed by atoms with Crippen LogP contribution < -0.4 is 10.5 Å². The molecule has 0 aliphatic carbocycles. The minimum atomic E-state index is -0.539. The summed E-state index contributed by atoms with van der Waals surface area (Å²) in [5.74, 6) is 0.374. The molecule has 0 fully saturated rings. The highest BCUT2D eigenvalue weighted by molar-refractivity contribution is 5.90. The van der Waals surface area contributed by atoms with Gasteiger partial charge in [0, 0.05) is 12.0 Å². The van der Waals surface area contributed by atoms with Crippen LogP contribution in [0.4, 0.5) is 0 Å². The molecule has 22 heavy (non-hydrogen) atoms. The Kier molecular flexibility index (Phi) is 5.14. The summed E-state index contributed by atoms with van der Waals surface area (Å²) in [5, 5.41) is 3.68. The third kappa shape index (κ3) is 4.09. The van der Waals surface area contributed by atoms with E-state index in [9.17, 15) is 4.79 Å². The molecule has 5 nitrogen and oxygen atoms in total. The molecule has 0 atom stereocenters. The molecule has 0 aliphatic heterocycles. The number of ether oxygens (including phenoxy) is 1. The Balaban J connectivity index is 2.00. The maximum atomic E-state index is 11.8. The van der Waals surface area contributed by atoms with Crippen molar-refractivity contribution in [2.45, 2.75) is 13.3 Å². The number of nitrogens with zero attached hydrogens (tertiary/aromatic N) is 1. The van der Waals surface area contributed by atoms with Crippen molar-refractivity contribution in [1.82, 2.24) is 0 Å². The average molecular weight is 298 g/mol. The lowest BCUT2D eigenvalue weighted by molar-refractivity contribution is 0.0515. The maximum Gasteiger partial charge on any atom is 0.365 e. The number of carbonyl (C=O) groups excluding carboxylic acids is 1. The minimum Gasteiger partial charge on any atom is -0.496 e. The number of aryl methyl sites for hydroxylation is 1. The maximum absolute atomic E-state index is 11.8. The first-order chi connectivity index (χ1) is 10.6. The smallest absolute Gasteiger partial charge is 0.365 e. The molecule has 2 aromatic rings. The molecule has 0 spiro atoms. The molecule has 2 aromatic carbocycles. The zero-order chi connectivity index (χ0) is 15.9. The zero-order valence-corrected chi connectivity index (χ0v) is 12.6. The second-order valence-electron chi connectivity index (χ2n) is 4.82. The molecule has 0 aliphatic rings. The van der Waals surface area contributed by atoms with Crippen LogP contribution in [-0.4, -0.2) is 18.9 Å². The average Bonchev–Trinajstić information content (AvgIpc) is 2.54. The Morgan fingerprint density at radius 1 is 1.14 bits per heavy atom. The summed E-state index contributed by atoms with van der Waals surface area (Å²) in [5.41, 5.74) is 8.17. The lowest BCUT2D eigenvalue weighted by Gasteiger charge is -2.07. The number of carbonyl (C=O) groups is 1. The molecular formula is C17H18N2O3. The molecule has 0 saturated heterocycles. The van der Waals surface area contributed by atoms with Crippen molar-refractivity contribution in [3.05, 3.63) is 65.2 Å². The normalized spacial score (nSPS) is 11.1. The highest BCUT2D eigenvalue weighted by Crippen LogP contribution is 2.17. The van der Waals surface area contributed by atoms with Gasteiger partial charge in [0.2, 0.25) is 0 Å². The summed E-state index contributed by atoms with van der Waals surface area (Å²) in [6.45, 7) is 1.94. The fourth-order valence-corrected chi connectivity index (χ4v) is 1.92. The van der Waals surface area contributed by atoms with E-state index in [4.69, 9.17) is 15.3 Å². The van der Waals surface area contributed by atoms with Gasteiger partial charge in [0.25, 0.3) is 0 Å². The van der Waals surface area contributed by atoms with Crippen molar-refractivity contribution in [3.63, 3.8) is 0 Å². The van der Waals surface area contributed by atoms with E-state index in [0.29, 0.717) is 17.7 Å². The van der Waals surface area contributed by atoms with Crippen molar-refractivity contribution in [2.24, 2.45) is 10.9 Å². The number of benzene rings is 2. The summed E-state index contributed by atoms with van der Waals surface area (Å²) in [6.07, 6.45) is 0.338. The molecule has 114 valence electrons. The third-order valence-electron chi connectivity index (χ3n) is 3.10. The Morgan fingerprint density at radius 3 is 2.50 bits per heavy atom. The van der Waals surface area contributed by atoms with Gasteiger partial charge < -0.3 is 15.3 Å². The third-order valence-corrected chi connectivity index (χ3v) is 3.10. The number of para-hydroxylation sites is 1. The summed E-state index contributed by atoms with van der Waals surface area (Å²) < 4.78 is 5.23. The Morgan fingerprint density at radius 2 is 1.82 bits per heavy atom. The first-order valence-electron chi connectivity index (χ1n) is 6.82. The van der Waals surface area contributed by atoms with E-state index >= 15 is 0 Å². The van der Waals surface area contributed by atoms with Crippen LogP contribution in [0.1, 0.15) is 21.5 Å². The monoisotopic (exact) mass is 298 g/mol. The van der Waals surface area contributed by atoms with Gasteiger partial charge in [0.05, 0.1) is 12.7 Å². The summed E-state index contributed by atoms with van der Waals surface area (Å²) >= 11 is 0. The van der Waals surface area contributed by atoms with Gasteiger partial charge in [-0.05, 0) is 25.1 Å². The van der Waals surface area contributed by atoms with Gasteiger partial charge in [0.15, 0.2) is 0 Å². The predicted octanol–water partition coefficient (Wildman–Crippen LogP) is 2.68. The van der Waals surface area contributed by atoms with Crippen LogP contribution in [0, 0.1) is 6.92 Å². The van der Waals surface area contributed by atoms with E-state index in [1.165, 1.54) is 0 Å². The van der Waals surface area contributed by atoms with Crippen molar-refractivity contribution in [1.29, 1.82) is 0 Å². The number of oxime groups is 1. The minimum absolute atomic E-state index is 0.199. The standard InChI is InChI=1S/C17H18N2O3/c1-12-7-9-13(10-8-12)17(20)22-19-16(18)11-14-5-3-4-6-15(14)21-2/h3-10H,11H2,1-2H3,(H2,18,19). The van der Waals surface area contributed by atoms with Crippen LogP contribution in [0.25, 0.3) is 0 Å². The van der Waals surface area contributed by atoms with Crippen LogP contribution >= 0.6 is 0 Å². The molecular weight excluding hydrogens is 280 g/mol. The van der Waals surface area contributed by atoms with Gasteiger partial charge in [-0.15, -0.1) is 0 Å². The second kappa shape index (κ2) is 7.26. The molecule has 0 saturated carbocycles. The fraction of sp³-hybridized carbons (Fsp3) is 0.176. The molecule has 0 unspecified atom stereocenters. The van der Waals surface area contributed by atoms with Gasteiger partial charge in [0.1, 0.15) is 11.6 Å². The summed E-state index contributed by atoms with van der Waals surface area (Å²) in [7, 11) is 1.59. The molecule has 0 aromatic heterocycles. The van der Waals surface area contributed by atoms with Crippen LogP contribution in [-0.2, 0) is 11.3 Å². The summed E-state index contributed by atoms with van der Waals surface area (Å²) in [4.78, 5) is 16.7. The second-order valence-corrected chi connectivity index (χ2v) is 4.82. The van der Waals surface area contributed by atoms with E-state index in [2.05, 4.69) is 5.16 Å². The van der Waals surface area contributed by atoms with Crippen molar-refractivity contribution in [2.75, 3.05) is 7.11 Å². The number of methoxy groups -OCH3 is 1. The molecule has 5 heteroatoms. The molecule has 2 N–H and O–H groups in total. The summed E-state index contributed by atoms with van der Waals surface area (Å²) in [6, 6.07) is 14.5. The molecule has 0 heterocycles. The van der Waals surface area contributed by atoms with Crippen LogP contribution in [0.3, 0.4) is 0 Å². The zero-order valence-electron chi connectivity index (χ0n) is 12.6. The largest absolute Gasteiger partial charge is 0.496 e. The molecule has 0 radical (unpaired) electrons. The predicted molar refractivity (Wildman–Crippen MR) is 84.9 cm³/mol. The van der Waals surface area contributed by atoms with E-state index in [0.717, 1.165) is 11.1 Å². The van der Waals surface area contributed by atoms with Crippen molar-refractivity contribution < 1.29 is 14.4 Å². The number of hydrogen-bond acceptors (Lipinski definition) is 4. The topological polar surface area (TPSA) is 73.9 Å². The van der Waals surface area contributed by atoms with Gasteiger partial charge >= 0.3 is 5.97 Å². The number of nitrogens with two attached hydrogens (primary N) is 1. The number of rotatable bonds is 5. The van der Waals surface area contributed by atoms with E-state index in [1.807, 2.05) is 43.3 Å². The first kappa shape index (κ1) is 15.6. The quantitative estimate of drug-likeness (QED) is 0.398. The van der Waals surface area contributed by atoms with Crippen molar-refractivity contribution >= 4 is 11.8 Å². The Bertz CT molecular complexity index is 679. The number of hydrogen-bond donors (Lipinski definition) is 1. The van der Waals surface area contributed by atoms with E-state index in [-0.39, 0.29) is 5.84 Å². The van der Waals surface area contributed by atoms with E-state index in [1.54, 1.807) is 19.2 Å². The van der Waals surface area contributed by atoms with Gasteiger partial charge in [-0.1, -0.05) is 41.1 Å². The highest BCUT2D eigenvalue weighted by atomic mass is 16.7. The first-order valence-corrected chi connectivity index (χ1v) is 6.82. The van der Waals surface area contributed by atoms with Gasteiger partial charge in [-0.3, -0.25) is 0 Å². The van der Waals surface area contributed by atoms with Crippen LogP contribution in [0.15, 0.2) is 53.7 Å². The van der Waals surface area contributed by atoms with Gasteiger partial charge in [-0.25, -0.2) is 4.79 Å². The lowest BCUT2D eigenvalue weighted by atomic mass is 10.1. The van der Waals surface area contributed by atoms with Crippen LogP contribution in [0.5, 0.6) is 5.75 Å². The fourth-order valence-electron chi connectivity index (χ4n) is 1.92. The Labute approximate surface area is 129 Å². The number of amidine groups is 1. The lowest BCUT2D eigenvalue weighted by Crippen LogP contribution is -2.17. The Hall–Kier alpha value is -2.82. The van der Waals surface area contributed by atoms with E-state index < -0.39 is 5.97 Å². The SMILES string of the molecule is COc1ccccc1CC(N)=NOC(=O)c1ccc(C)cc1. The molecule has 0 amide bonds. The highest BCUT2D eigenvalue weighted by Gasteiger charge is 2.08. The van der Waals surface area contributed by atoms with Gasteiger partial charge in [-0.2, -0.15) is 0 Å².